The van der Waals surface area contributed by atoms with Crippen molar-refractivity contribution in [1.29, 1.82) is 0 Å². The highest BCUT2D eigenvalue weighted by atomic mass is 32.2. The summed E-state index contributed by atoms with van der Waals surface area (Å²) in [5.74, 6) is 0.741. The van der Waals surface area contributed by atoms with Gasteiger partial charge in [-0.2, -0.15) is 5.10 Å². The van der Waals surface area contributed by atoms with Gasteiger partial charge < -0.3 is 4.90 Å². The molecule has 0 spiro atoms. The molecule has 0 aliphatic carbocycles. The molecule has 8 nitrogen and oxygen atoms in total. The van der Waals surface area contributed by atoms with Gasteiger partial charge in [0.05, 0.1) is 28.7 Å². The number of amides is 1. The van der Waals surface area contributed by atoms with E-state index in [2.05, 4.69) is 37.7 Å². The maximum absolute atomic E-state index is 13.4. The van der Waals surface area contributed by atoms with E-state index in [0.717, 1.165) is 16.7 Å². The van der Waals surface area contributed by atoms with Gasteiger partial charge in [0.1, 0.15) is 0 Å². The Bertz CT molecular complexity index is 1050. The zero-order valence-electron chi connectivity index (χ0n) is 18.2. The third kappa shape index (κ3) is 3.97. The van der Waals surface area contributed by atoms with Crippen LogP contribution in [-0.4, -0.2) is 82.6 Å². The third-order valence-electron chi connectivity index (χ3n) is 6.22. The van der Waals surface area contributed by atoms with Crippen LogP contribution in [0.3, 0.4) is 0 Å². The second-order valence-corrected chi connectivity index (χ2v) is 11.3. The molecule has 0 N–H and O–H groups in total. The van der Waals surface area contributed by atoms with Crippen molar-refractivity contribution in [2.75, 3.05) is 37.7 Å². The lowest BCUT2D eigenvalue weighted by atomic mass is 10.0. The average molecular weight is 434 g/mol. The predicted octanol–water partition coefficient (Wildman–Crippen LogP) is 2.08. The van der Waals surface area contributed by atoms with Crippen LogP contribution < -0.4 is 0 Å². The van der Waals surface area contributed by atoms with Crippen LogP contribution in [0, 0.1) is 0 Å². The third-order valence-corrected chi connectivity index (χ3v) is 7.97. The molecule has 2 fully saturated rings. The number of pyridine rings is 1. The fraction of sp³-hybridized carbons (Fsp3) is 0.667. The molecule has 0 saturated carbocycles. The zero-order chi connectivity index (χ0) is 21.6. The molecule has 1 amide bonds. The van der Waals surface area contributed by atoms with E-state index >= 15 is 0 Å². The van der Waals surface area contributed by atoms with Gasteiger partial charge in [0.25, 0.3) is 5.91 Å². The largest absolute Gasteiger partial charge is 0.336 e. The fourth-order valence-electron chi connectivity index (χ4n) is 4.41. The predicted molar refractivity (Wildman–Crippen MR) is 117 cm³/mol. The molecule has 0 aromatic carbocycles. The van der Waals surface area contributed by atoms with Crippen molar-refractivity contribution < 1.29 is 13.2 Å². The number of rotatable bonds is 4. The zero-order valence-corrected chi connectivity index (χ0v) is 19.0. The summed E-state index contributed by atoms with van der Waals surface area (Å²) in [6.07, 6.45) is 2.45. The molecule has 2 aromatic rings. The molecule has 4 heterocycles. The quantitative estimate of drug-likeness (QED) is 0.734. The van der Waals surface area contributed by atoms with E-state index < -0.39 is 9.84 Å². The van der Waals surface area contributed by atoms with Crippen LogP contribution in [-0.2, 0) is 9.84 Å². The van der Waals surface area contributed by atoms with E-state index in [-0.39, 0.29) is 35.4 Å². The number of hydrogen-bond acceptors (Lipinski definition) is 6. The van der Waals surface area contributed by atoms with Crippen molar-refractivity contribution in [3.63, 3.8) is 0 Å². The van der Waals surface area contributed by atoms with Gasteiger partial charge in [-0.3, -0.25) is 9.69 Å². The molecule has 0 radical (unpaired) electrons. The molecule has 1 unspecified atom stereocenters. The smallest absolute Gasteiger partial charge is 0.254 e. The van der Waals surface area contributed by atoms with Gasteiger partial charge in [-0.05, 0) is 32.3 Å². The first-order valence-corrected chi connectivity index (χ1v) is 12.6. The molecule has 164 valence electrons. The molecule has 2 aromatic heterocycles. The van der Waals surface area contributed by atoms with Crippen molar-refractivity contribution in [3.05, 3.63) is 23.5 Å². The van der Waals surface area contributed by atoms with Crippen LogP contribution in [0.15, 0.2) is 12.3 Å². The molecule has 4 rings (SSSR count). The highest BCUT2D eigenvalue weighted by Crippen LogP contribution is 2.26. The summed E-state index contributed by atoms with van der Waals surface area (Å²) in [7, 11) is -2.90. The van der Waals surface area contributed by atoms with Gasteiger partial charge in [0, 0.05) is 44.0 Å². The minimum absolute atomic E-state index is 0.00583. The minimum atomic E-state index is -2.90. The summed E-state index contributed by atoms with van der Waals surface area (Å²) < 4.78 is 25.5. The van der Waals surface area contributed by atoms with Crippen LogP contribution in [0.1, 0.15) is 62.1 Å². The van der Waals surface area contributed by atoms with Crippen LogP contribution >= 0.6 is 0 Å². The van der Waals surface area contributed by atoms with Crippen molar-refractivity contribution >= 4 is 26.8 Å². The number of nitrogens with zero attached hydrogens (tertiary/aromatic N) is 5. The Labute approximate surface area is 178 Å². The number of fused-ring (bicyclic) bond motifs is 1. The van der Waals surface area contributed by atoms with Crippen LogP contribution in [0.25, 0.3) is 11.0 Å². The lowest BCUT2D eigenvalue weighted by Gasteiger charge is -2.37. The maximum Gasteiger partial charge on any atom is 0.254 e. The van der Waals surface area contributed by atoms with Crippen molar-refractivity contribution in [3.8, 4) is 0 Å². The molecule has 0 bridgehead atoms. The summed E-state index contributed by atoms with van der Waals surface area (Å²) in [6.45, 7) is 10.9. The van der Waals surface area contributed by atoms with E-state index in [1.54, 1.807) is 6.20 Å². The first-order valence-electron chi connectivity index (χ1n) is 10.8. The number of aromatic nitrogens is 3. The fourth-order valence-corrected chi connectivity index (χ4v) is 6.17. The second-order valence-electron chi connectivity index (χ2n) is 9.05. The van der Waals surface area contributed by atoms with Gasteiger partial charge in [-0.25, -0.2) is 18.1 Å². The molecule has 9 heteroatoms. The molecular formula is C21H31N5O3S. The van der Waals surface area contributed by atoms with Gasteiger partial charge >= 0.3 is 0 Å². The van der Waals surface area contributed by atoms with Crippen LogP contribution in [0.4, 0.5) is 0 Å². The molecule has 2 aliphatic heterocycles. The van der Waals surface area contributed by atoms with Crippen molar-refractivity contribution in [1.82, 2.24) is 24.6 Å². The summed E-state index contributed by atoms with van der Waals surface area (Å²) >= 11 is 0. The van der Waals surface area contributed by atoms with Crippen LogP contribution in [0.2, 0.25) is 0 Å². The SMILES string of the molecule is CC(C)c1cc(C(=O)N2CCN(C3CCS(=O)(=O)C3)CC2)c2cnn(C(C)C)c2n1. The Balaban J connectivity index is 1.56. The minimum Gasteiger partial charge on any atom is -0.336 e. The topological polar surface area (TPSA) is 88.4 Å². The van der Waals surface area contributed by atoms with E-state index in [4.69, 9.17) is 4.98 Å². The van der Waals surface area contributed by atoms with Gasteiger partial charge in [-0.1, -0.05) is 13.8 Å². The maximum atomic E-state index is 13.4. The second kappa shape index (κ2) is 7.92. The molecule has 30 heavy (non-hydrogen) atoms. The Morgan fingerprint density at radius 2 is 1.83 bits per heavy atom. The Morgan fingerprint density at radius 1 is 1.13 bits per heavy atom. The molecule has 2 aliphatic rings. The lowest BCUT2D eigenvalue weighted by molar-refractivity contribution is 0.0589. The number of carbonyl (C=O) groups excluding carboxylic acids is 1. The summed E-state index contributed by atoms with van der Waals surface area (Å²) in [6, 6.07) is 2.17. The van der Waals surface area contributed by atoms with E-state index in [0.29, 0.717) is 38.2 Å². The number of hydrogen-bond donors (Lipinski definition) is 0. The first kappa shape index (κ1) is 21.2. The van der Waals surface area contributed by atoms with E-state index in [1.807, 2.05) is 15.6 Å². The lowest BCUT2D eigenvalue weighted by Crippen LogP contribution is -2.52. The molecular weight excluding hydrogens is 402 g/mol. The normalized spacial score (nSPS) is 22.5. The Kier molecular flexibility index (Phi) is 5.61. The van der Waals surface area contributed by atoms with Gasteiger partial charge in [0.2, 0.25) is 0 Å². The summed E-state index contributed by atoms with van der Waals surface area (Å²) in [4.78, 5) is 22.3. The number of piperazine rings is 1. The Morgan fingerprint density at radius 3 is 2.40 bits per heavy atom. The number of carbonyl (C=O) groups is 1. The highest BCUT2D eigenvalue weighted by Gasteiger charge is 2.35. The van der Waals surface area contributed by atoms with Crippen molar-refractivity contribution in [2.24, 2.45) is 0 Å². The highest BCUT2D eigenvalue weighted by molar-refractivity contribution is 7.91. The van der Waals surface area contributed by atoms with Gasteiger partial charge in [0.15, 0.2) is 15.5 Å². The monoisotopic (exact) mass is 433 g/mol. The molecule has 1 atom stereocenters. The van der Waals surface area contributed by atoms with Crippen molar-refractivity contribution in [2.45, 2.75) is 52.1 Å². The Hall–Kier alpha value is -2.00. The average Bonchev–Trinajstić information content (AvgIpc) is 3.29. The molecule has 2 saturated heterocycles. The number of sulfone groups is 1. The standard InChI is InChI=1S/C21H31N5O3S/c1-14(2)19-11-17(18-12-22-26(15(3)4)20(18)23-19)21(27)25-8-6-24(7-9-25)16-5-10-30(28,29)13-16/h11-12,14-16H,5-10,13H2,1-4H3. The van der Waals surface area contributed by atoms with E-state index in [1.165, 1.54) is 0 Å². The first-order chi connectivity index (χ1) is 14.2. The van der Waals surface area contributed by atoms with E-state index in [9.17, 15) is 13.2 Å². The van der Waals surface area contributed by atoms with Gasteiger partial charge in [-0.15, -0.1) is 0 Å². The van der Waals surface area contributed by atoms with Crippen LogP contribution in [0.5, 0.6) is 0 Å². The summed E-state index contributed by atoms with van der Waals surface area (Å²) in [5, 5.41) is 5.27. The summed E-state index contributed by atoms with van der Waals surface area (Å²) in [5.41, 5.74) is 2.31.